The zero-order valence-electron chi connectivity index (χ0n) is 10.2. The molecule has 0 aliphatic carbocycles. The van der Waals surface area contributed by atoms with Gasteiger partial charge in [0, 0.05) is 19.2 Å². The van der Waals surface area contributed by atoms with Gasteiger partial charge < -0.3 is 10.1 Å². The van der Waals surface area contributed by atoms with E-state index in [-0.39, 0.29) is 5.75 Å². The van der Waals surface area contributed by atoms with E-state index in [9.17, 15) is 8.42 Å². The third-order valence-corrected chi connectivity index (χ3v) is 4.09. The van der Waals surface area contributed by atoms with Gasteiger partial charge in [0.05, 0.1) is 17.9 Å². The van der Waals surface area contributed by atoms with Crippen LogP contribution in [0.2, 0.25) is 0 Å². The summed E-state index contributed by atoms with van der Waals surface area (Å²) in [6.07, 6.45) is 0.740. The van der Waals surface area contributed by atoms with Crippen molar-refractivity contribution in [1.82, 2.24) is 10.0 Å². The molecule has 1 saturated heterocycles. The van der Waals surface area contributed by atoms with Crippen molar-refractivity contribution in [3.8, 4) is 0 Å². The summed E-state index contributed by atoms with van der Waals surface area (Å²) in [5.74, 6) is 0.112. The van der Waals surface area contributed by atoms with E-state index in [0.717, 1.165) is 6.42 Å². The Kier molecular flexibility index (Phi) is 4.73. The zero-order chi connectivity index (χ0) is 12.2. The van der Waals surface area contributed by atoms with E-state index in [1.165, 1.54) is 0 Å². The van der Waals surface area contributed by atoms with Crippen LogP contribution in [0.25, 0.3) is 0 Å². The maximum absolute atomic E-state index is 11.8. The SMILES string of the molecule is CC(C)NCCS(=O)(=O)NC1(C)CCOC1. The van der Waals surface area contributed by atoms with E-state index in [0.29, 0.717) is 25.8 Å². The Morgan fingerprint density at radius 2 is 2.12 bits per heavy atom. The van der Waals surface area contributed by atoms with Gasteiger partial charge in [0.2, 0.25) is 10.0 Å². The van der Waals surface area contributed by atoms with Crippen LogP contribution in [0.5, 0.6) is 0 Å². The van der Waals surface area contributed by atoms with Crippen LogP contribution in [0, 0.1) is 0 Å². The van der Waals surface area contributed by atoms with E-state index >= 15 is 0 Å². The molecular formula is C10H22N2O3S. The Hall–Kier alpha value is -0.170. The monoisotopic (exact) mass is 250 g/mol. The first-order valence-corrected chi connectivity index (χ1v) is 7.31. The number of rotatable bonds is 6. The Bertz CT molecular complexity index is 308. The van der Waals surface area contributed by atoms with Gasteiger partial charge in [-0.05, 0) is 13.3 Å². The average Bonchev–Trinajstić information content (AvgIpc) is 2.49. The number of sulfonamides is 1. The van der Waals surface area contributed by atoms with Gasteiger partial charge in [-0.25, -0.2) is 13.1 Å². The molecule has 1 aliphatic rings. The van der Waals surface area contributed by atoms with Gasteiger partial charge in [0.15, 0.2) is 0 Å². The molecule has 1 rings (SSSR count). The standard InChI is InChI=1S/C10H22N2O3S/c1-9(2)11-5-7-16(13,14)12-10(3)4-6-15-8-10/h9,11-12H,4-8H2,1-3H3. The van der Waals surface area contributed by atoms with Crippen molar-refractivity contribution < 1.29 is 13.2 Å². The molecule has 6 heteroatoms. The fraction of sp³-hybridized carbons (Fsp3) is 1.00. The molecule has 0 aromatic rings. The average molecular weight is 250 g/mol. The van der Waals surface area contributed by atoms with E-state index < -0.39 is 15.6 Å². The first-order valence-electron chi connectivity index (χ1n) is 5.66. The first kappa shape index (κ1) is 13.9. The quantitative estimate of drug-likeness (QED) is 0.701. The molecule has 96 valence electrons. The summed E-state index contributed by atoms with van der Waals surface area (Å²) in [7, 11) is -3.21. The fourth-order valence-corrected chi connectivity index (χ4v) is 3.06. The molecule has 0 aromatic heterocycles. The molecular weight excluding hydrogens is 228 g/mol. The van der Waals surface area contributed by atoms with Crippen LogP contribution in [0.4, 0.5) is 0 Å². The molecule has 0 aromatic carbocycles. The predicted octanol–water partition coefficient (Wildman–Crippen LogP) is 0.0828. The van der Waals surface area contributed by atoms with Crippen LogP contribution in [-0.4, -0.2) is 45.5 Å². The molecule has 1 fully saturated rings. The second-order valence-electron chi connectivity index (χ2n) is 4.89. The summed E-state index contributed by atoms with van der Waals surface area (Å²) in [4.78, 5) is 0. The molecule has 0 spiro atoms. The molecule has 1 heterocycles. The summed E-state index contributed by atoms with van der Waals surface area (Å²) in [6.45, 7) is 7.43. The second-order valence-corrected chi connectivity index (χ2v) is 6.73. The Morgan fingerprint density at radius 3 is 2.62 bits per heavy atom. The van der Waals surface area contributed by atoms with Crippen molar-refractivity contribution in [2.45, 2.75) is 38.8 Å². The highest BCUT2D eigenvalue weighted by atomic mass is 32.2. The van der Waals surface area contributed by atoms with Crippen molar-refractivity contribution in [1.29, 1.82) is 0 Å². The molecule has 2 N–H and O–H groups in total. The van der Waals surface area contributed by atoms with Crippen molar-refractivity contribution in [2.75, 3.05) is 25.5 Å². The van der Waals surface area contributed by atoms with Gasteiger partial charge in [-0.3, -0.25) is 0 Å². The van der Waals surface area contributed by atoms with Gasteiger partial charge in [0.25, 0.3) is 0 Å². The number of hydrogen-bond donors (Lipinski definition) is 2. The second kappa shape index (κ2) is 5.44. The molecule has 1 atom stereocenters. The van der Waals surface area contributed by atoms with Crippen LogP contribution in [0.15, 0.2) is 0 Å². The third-order valence-electron chi connectivity index (χ3n) is 2.54. The van der Waals surface area contributed by atoms with Crippen LogP contribution >= 0.6 is 0 Å². The van der Waals surface area contributed by atoms with Gasteiger partial charge in [-0.15, -0.1) is 0 Å². The van der Waals surface area contributed by atoms with Crippen molar-refractivity contribution in [3.05, 3.63) is 0 Å². The Labute approximate surface area is 98.0 Å². The van der Waals surface area contributed by atoms with Crippen molar-refractivity contribution in [2.24, 2.45) is 0 Å². The molecule has 0 bridgehead atoms. The smallest absolute Gasteiger partial charge is 0.213 e. The predicted molar refractivity (Wildman–Crippen MR) is 63.9 cm³/mol. The van der Waals surface area contributed by atoms with Crippen molar-refractivity contribution >= 4 is 10.0 Å². The lowest BCUT2D eigenvalue weighted by Crippen LogP contribution is -2.48. The Balaban J connectivity index is 2.39. The molecule has 5 nitrogen and oxygen atoms in total. The van der Waals surface area contributed by atoms with Gasteiger partial charge in [-0.2, -0.15) is 0 Å². The molecule has 0 saturated carbocycles. The van der Waals surface area contributed by atoms with E-state index in [1.807, 2.05) is 20.8 Å². The van der Waals surface area contributed by atoms with Gasteiger partial charge >= 0.3 is 0 Å². The summed E-state index contributed by atoms with van der Waals surface area (Å²) in [6, 6.07) is 0.306. The first-order chi connectivity index (χ1) is 7.33. The summed E-state index contributed by atoms with van der Waals surface area (Å²) >= 11 is 0. The van der Waals surface area contributed by atoms with E-state index in [1.54, 1.807) is 0 Å². The highest BCUT2D eigenvalue weighted by Gasteiger charge is 2.33. The van der Waals surface area contributed by atoms with E-state index in [2.05, 4.69) is 10.0 Å². The minimum atomic E-state index is -3.21. The molecule has 16 heavy (non-hydrogen) atoms. The minimum Gasteiger partial charge on any atom is -0.379 e. The topological polar surface area (TPSA) is 67.4 Å². The molecule has 1 aliphatic heterocycles. The highest BCUT2D eigenvalue weighted by molar-refractivity contribution is 7.89. The summed E-state index contributed by atoms with van der Waals surface area (Å²) in [5.41, 5.74) is -0.420. The van der Waals surface area contributed by atoms with Crippen LogP contribution in [-0.2, 0) is 14.8 Å². The van der Waals surface area contributed by atoms with Gasteiger partial charge in [0.1, 0.15) is 0 Å². The molecule has 1 unspecified atom stereocenters. The number of ether oxygens (including phenoxy) is 1. The summed E-state index contributed by atoms with van der Waals surface area (Å²) in [5, 5.41) is 3.09. The third kappa shape index (κ3) is 4.78. The maximum atomic E-state index is 11.8. The molecule has 0 radical (unpaired) electrons. The van der Waals surface area contributed by atoms with Crippen LogP contribution < -0.4 is 10.0 Å². The number of nitrogens with one attached hydrogen (secondary N) is 2. The lowest BCUT2D eigenvalue weighted by molar-refractivity contribution is 0.178. The summed E-state index contributed by atoms with van der Waals surface area (Å²) < 4.78 is 31.5. The fourth-order valence-electron chi connectivity index (χ4n) is 1.66. The van der Waals surface area contributed by atoms with E-state index in [4.69, 9.17) is 4.74 Å². The Morgan fingerprint density at radius 1 is 1.44 bits per heavy atom. The minimum absolute atomic E-state index is 0.112. The highest BCUT2D eigenvalue weighted by Crippen LogP contribution is 2.18. The van der Waals surface area contributed by atoms with Crippen LogP contribution in [0.1, 0.15) is 27.2 Å². The van der Waals surface area contributed by atoms with Crippen molar-refractivity contribution in [3.63, 3.8) is 0 Å². The lowest BCUT2D eigenvalue weighted by atomic mass is 10.0. The van der Waals surface area contributed by atoms with Gasteiger partial charge in [-0.1, -0.05) is 13.8 Å². The van der Waals surface area contributed by atoms with Crippen LogP contribution in [0.3, 0.4) is 0 Å². The maximum Gasteiger partial charge on any atom is 0.213 e. The lowest BCUT2D eigenvalue weighted by Gasteiger charge is -2.23. The molecule has 0 amide bonds. The zero-order valence-corrected chi connectivity index (χ0v) is 11.1. The largest absolute Gasteiger partial charge is 0.379 e. The number of hydrogen-bond acceptors (Lipinski definition) is 4. The normalized spacial score (nSPS) is 26.5.